The molecule has 1 rings (SSSR count). The molecule has 0 saturated carbocycles. The van der Waals surface area contributed by atoms with Crippen LogP contribution in [0.1, 0.15) is 5.56 Å². The molecular formula is C9H14N2O3. The molecule has 5 heteroatoms. The Morgan fingerprint density at radius 1 is 1.43 bits per heavy atom. The van der Waals surface area contributed by atoms with E-state index in [0.717, 1.165) is 10.6 Å². The molecule has 1 heterocycles. The fourth-order valence-corrected chi connectivity index (χ4v) is 1.11. The van der Waals surface area contributed by atoms with Gasteiger partial charge >= 0.3 is 0 Å². The molecule has 0 aliphatic carbocycles. The maximum atomic E-state index is 9.07. The molecule has 0 aromatic carbocycles. The van der Waals surface area contributed by atoms with Crippen LogP contribution in [0.2, 0.25) is 0 Å². The Labute approximate surface area is 82.8 Å². The number of hydroxylamine groups is 2. The number of rotatable bonds is 4. The number of pyridine rings is 1. The first-order valence-corrected chi connectivity index (χ1v) is 4.14. The first-order chi connectivity index (χ1) is 6.67. The summed E-state index contributed by atoms with van der Waals surface area (Å²) >= 11 is 0. The highest BCUT2D eigenvalue weighted by Gasteiger charge is 2.07. The monoisotopic (exact) mass is 198 g/mol. The molecule has 0 amide bonds. The van der Waals surface area contributed by atoms with Crippen LogP contribution in [-0.4, -0.2) is 36.5 Å². The van der Waals surface area contributed by atoms with E-state index < -0.39 is 0 Å². The minimum Gasteiger partial charge on any atom is -0.496 e. The van der Waals surface area contributed by atoms with E-state index in [1.54, 1.807) is 33.5 Å². The molecule has 1 aromatic rings. The third kappa shape index (κ3) is 2.58. The maximum absolute atomic E-state index is 9.07. The van der Waals surface area contributed by atoms with Crippen molar-refractivity contribution >= 4 is 0 Å². The second-order valence-electron chi connectivity index (χ2n) is 2.85. The Hall–Kier alpha value is -1.33. The number of methoxy groups -OCH3 is 2. The molecule has 0 fully saturated rings. The Balaban J connectivity index is 2.93. The van der Waals surface area contributed by atoms with Gasteiger partial charge in [-0.3, -0.25) is 0 Å². The van der Waals surface area contributed by atoms with Crippen LogP contribution < -0.4 is 9.47 Å². The Kier molecular flexibility index (Phi) is 3.67. The van der Waals surface area contributed by atoms with Gasteiger partial charge in [-0.25, -0.2) is 4.98 Å². The van der Waals surface area contributed by atoms with Gasteiger partial charge in [-0.2, -0.15) is 5.06 Å². The SMILES string of the molecule is COc1cc(OC)c(CN(C)O)cn1. The molecule has 0 aliphatic rings. The van der Waals surface area contributed by atoms with Crippen LogP contribution in [0.5, 0.6) is 11.6 Å². The number of hydrogen-bond donors (Lipinski definition) is 1. The molecule has 5 nitrogen and oxygen atoms in total. The summed E-state index contributed by atoms with van der Waals surface area (Å²) in [6, 6.07) is 1.68. The summed E-state index contributed by atoms with van der Waals surface area (Å²) in [5.41, 5.74) is 0.804. The van der Waals surface area contributed by atoms with Crippen LogP contribution in [0.25, 0.3) is 0 Å². The van der Waals surface area contributed by atoms with Crippen molar-refractivity contribution in [2.75, 3.05) is 21.3 Å². The smallest absolute Gasteiger partial charge is 0.216 e. The molecule has 0 radical (unpaired) electrons. The highest BCUT2D eigenvalue weighted by Crippen LogP contribution is 2.22. The van der Waals surface area contributed by atoms with Crippen molar-refractivity contribution in [3.05, 3.63) is 17.8 Å². The highest BCUT2D eigenvalue weighted by molar-refractivity contribution is 5.35. The van der Waals surface area contributed by atoms with Gasteiger partial charge in [-0.1, -0.05) is 0 Å². The minimum absolute atomic E-state index is 0.361. The van der Waals surface area contributed by atoms with Gasteiger partial charge in [0, 0.05) is 24.9 Å². The van der Waals surface area contributed by atoms with E-state index >= 15 is 0 Å². The zero-order chi connectivity index (χ0) is 10.6. The minimum atomic E-state index is 0.361. The van der Waals surface area contributed by atoms with Gasteiger partial charge in [-0.15, -0.1) is 0 Å². The largest absolute Gasteiger partial charge is 0.496 e. The molecule has 0 saturated heterocycles. The molecule has 1 aromatic heterocycles. The molecule has 0 bridgehead atoms. The van der Waals surface area contributed by atoms with Crippen LogP contribution in [0, 0.1) is 0 Å². The van der Waals surface area contributed by atoms with Gasteiger partial charge in [0.25, 0.3) is 0 Å². The molecule has 0 atom stereocenters. The quantitative estimate of drug-likeness (QED) is 0.729. The van der Waals surface area contributed by atoms with Crippen LogP contribution in [-0.2, 0) is 6.54 Å². The van der Waals surface area contributed by atoms with Crippen molar-refractivity contribution in [2.45, 2.75) is 6.54 Å². The van der Waals surface area contributed by atoms with Gasteiger partial charge in [-0.05, 0) is 0 Å². The van der Waals surface area contributed by atoms with Crippen molar-refractivity contribution < 1.29 is 14.7 Å². The van der Waals surface area contributed by atoms with Gasteiger partial charge in [0.2, 0.25) is 5.88 Å². The lowest BCUT2D eigenvalue weighted by molar-refractivity contribution is -0.0736. The Bertz CT molecular complexity index is 302. The number of ether oxygens (including phenoxy) is 2. The van der Waals surface area contributed by atoms with E-state index in [-0.39, 0.29) is 0 Å². The van der Waals surface area contributed by atoms with Crippen LogP contribution in [0.15, 0.2) is 12.3 Å². The molecule has 78 valence electrons. The topological polar surface area (TPSA) is 54.8 Å². The van der Waals surface area contributed by atoms with Crippen molar-refractivity contribution in [3.8, 4) is 11.6 Å². The second kappa shape index (κ2) is 4.78. The van der Waals surface area contributed by atoms with Crippen LogP contribution >= 0.6 is 0 Å². The molecule has 14 heavy (non-hydrogen) atoms. The van der Waals surface area contributed by atoms with E-state index in [0.29, 0.717) is 18.2 Å². The normalized spacial score (nSPS) is 10.4. The summed E-state index contributed by atoms with van der Waals surface area (Å²) < 4.78 is 10.1. The second-order valence-corrected chi connectivity index (χ2v) is 2.85. The number of aromatic nitrogens is 1. The Morgan fingerprint density at radius 2 is 2.14 bits per heavy atom. The summed E-state index contributed by atoms with van der Waals surface area (Å²) in [6.45, 7) is 0.361. The van der Waals surface area contributed by atoms with Crippen molar-refractivity contribution in [2.24, 2.45) is 0 Å². The molecule has 1 N–H and O–H groups in total. The summed E-state index contributed by atoms with van der Waals surface area (Å²) in [5, 5.41) is 10.1. The van der Waals surface area contributed by atoms with Crippen molar-refractivity contribution in [1.29, 1.82) is 0 Å². The van der Waals surface area contributed by atoms with Crippen molar-refractivity contribution in [1.82, 2.24) is 10.0 Å². The lowest BCUT2D eigenvalue weighted by Gasteiger charge is -2.12. The van der Waals surface area contributed by atoms with Crippen molar-refractivity contribution in [3.63, 3.8) is 0 Å². The molecule has 0 spiro atoms. The predicted octanol–water partition coefficient (Wildman–Crippen LogP) is 0.920. The fraction of sp³-hybridized carbons (Fsp3) is 0.444. The zero-order valence-electron chi connectivity index (χ0n) is 8.52. The lowest BCUT2D eigenvalue weighted by Crippen LogP contribution is -2.12. The maximum Gasteiger partial charge on any atom is 0.216 e. The third-order valence-corrected chi connectivity index (χ3v) is 1.75. The average molecular weight is 198 g/mol. The summed E-state index contributed by atoms with van der Waals surface area (Å²) in [6.07, 6.45) is 1.62. The van der Waals surface area contributed by atoms with E-state index in [1.165, 1.54) is 0 Å². The Morgan fingerprint density at radius 3 is 2.64 bits per heavy atom. The molecule has 0 unspecified atom stereocenters. The lowest BCUT2D eigenvalue weighted by atomic mass is 10.2. The summed E-state index contributed by atoms with van der Waals surface area (Å²) in [5.74, 6) is 1.14. The van der Waals surface area contributed by atoms with Gasteiger partial charge in [0.15, 0.2) is 0 Å². The fourth-order valence-electron chi connectivity index (χ4n) is 1.11. The van der Waals surface area contributed by atoms with E-state index in [9.17, 15) is 0 Å². The number of nitrogens with zero attached hydrogens (tertiary/aromatic N) is 2. The number of hydrogen-bond acceptors (Lipinski definition) is 5. The predicted molar refractivity (Wildman–Crippen MR) is 50.6 cm³/mol. The van der Waals surface area contributed by atoms with Gasteiger partial charge in [0.1, 0.15) is 5.75 Å². The first kappa shape index (κ1) is 10.7. The summed E-state index contributed by atoms with van der Waals surface area (Å²) in [7, 11) is 4.67. The summed E-state index contributed by atoms with van der Waals surface area (Å²) in [4.78, 5) is 4.02. The van der Waals surface area contributed by atoms with E-state index in [2.05, 4.69) is 4.98 Å². The van der Waals surface area contributed by atoms with Crippen LogP contribution in [0.4, 0.5) is 0 Å². The van der Waals surface area contributed by atoms with E-state index in [4.69, 9.17) is 14.7 Å². The molecule has 0 aliphatic heterocycles. The van der Waals surface area contributed by atoms with E-state index in [1.807, 2.05) is 0 Å². The van der Waals surface area contributed by atoms with Gasteiger partial charge < -0.3 is 14.7 Å². The van der Waals surface area contributed by atoms with Crippen LogP contribution in [0.3, 0.4) is 0 Å². The third-order valence-electron chi connectivity index (χ3n) is 1.75. The zero-order valence-corrected chi connectivity index (χ0v) is 8.52. The molecular weight excluding hydrogens is 184 g/mol. The highest BCUT2D eigenvalue weighted by atomic mass is 16.5. The first-order valence-electron chi connectivity index (χ1n) is 4.14. The average Bonchev–Trinajstić information content (AvgIpc) is 2.17. The standard InChI is InChI=1S/C9H14N2O3/c1-11(12)6-7-5-10-9(14-3)4-8(7)13-2/h4-5,12H,6H2,1-3H3. The van der Waals surface area contributed by atoms with Gasteiger partial charge in [0.05, 0.1) is 20.8 Å².